The van der Waals surface area contributed by atoms with Gasteiger partial charge in [0.2, 0.25) is 0 Å². The number of thiophene rings is 1. The summed E-state index contributed by atoms with van der Waals surface area (Å²) >= 11 is 1.66. The van der Waals surface area contributed by atoms with E-state index in [1.807, 2.05) is 17.6 Å². The van der Waals surface area contributed by atoms with E-state index in [9.17, 15) is 0 Å². The van der Waals surface area contributed by atoms with E-state index in [2.05, 4.69) is 21.0 Å². The number of fused-ring (bicyclic) bond motifs is 1. The molecule has 0 aliphatic rings. The number of nitrogens with two attached hydrogens (primary N) is 1. The summed E-state index contributed by atoms with van der Waals surface area (Å²) in [4.78, 5) is 12.3. The average molecular weight is 242 g/mol. The van der Waals surface area contributed by atoms with Gasteiger partial charge in [-0.15, -0.1) is 11.3 Å². The van der Waals surface area contributed by atoms with Crippen LogP contribution in [0.3, 0.4) is 0 Å². The van der Waals surface area contributed by atoms with Crippen molar-refractivity contribution in [2.24, 2.45) is 5.73 Å². The van der Waals surface area contributed by atoms with Crippen LogP contribution in [0, 0.1) is 0 Å². The molecule has 3 aromatic rings. The molecule has 0 amide bonds. The third-order valence-electron chi connectivity index (χ3n) is 2.62. The molecule has 84 valence electrons. The van der Waals surface area contributed by atoms with Crippen molar-refractivity contribution in [1.82, 2.24) is 15.0 Å². The number of rotatable bonds is 2. The standard InChI is InChI=1S/C12H10N4S/c13-12(9-4-14-7-15-5-9)8-3-11-10(16-6-8)1-2-17-11/h1-7,12H,13H2. The van der Waals surface area contributed by atoms with Crippen LogP contribution in [0.5, 0.6) is 0 Å². The predicted octanol–water partition coefficient (Wildman–Crippen LogP) is 2.13. The number of aromatic nitrogens is 3. The van der Waals surface area contributed by atoms with Gasteiger partial charge in [0.15, 0.2) is 0 Å². The number of pyridine rings is 1. The van der Waals surface area contributed by atoms with Crippen LogP contribution in [0.1, 0.15) is 17.2 Å². The maximum atomic E-state index is 6.16. The van der Waals surface area contributed by atoms with Gasteiger partial charge in [0.25, 0.3) is 0 Å². The summed E-state index contributed by atoms with van der Waals surface area (Å²) in [6, 6.07) is 3.85. The molecular weight excluding hydrogens is 232 g/mol. The van der Waals surface area contributed by atoms with Gasteiger partial charge < -0.3 is 5.73 Å². The summed E-state index contributed by atoms with van der Waals surface area (Å²) in [7, 11) is 0. The summed E-state index contributed by atoms with van der Waals surface area (Å²) in [5.41, 5.74) is 9.05. The molecule has 3 rings (SSSR count). The fourth-order valence-electron chi connectivity index (χ4n) is 1.70. The van der Waals surface area contributed by atoms with Gasteiger partial charge in [-0.2, -0.15) is 0 Å². The lowest BCUT2D eigenvalue weighted by Gasteiger charge is -2.10. The maximum Gasteiger partial charge on any atom is 0.115 e. The molecule has 4 nitrogen and oxygen atoms in total. The third kappa shape index (κ3) is 1.90. The van der Waals surface area contributed by atoms with Crippen LogP contribution >= 0.6 is 11.3 Å². The summed E-state index contributed by atoms with van der Waals surface area (Å²) in [5, 5.41) is 2.03. The van der Waals surface area contributed by atoms with Crippen molar-refractivity contribution in [2.75, 3.05) is 0 Å². The summed E-state index contributed by atoms with van der Waals surface area (Å²) in [6.07, 6.45) is 6.77. The van der Waals surface area contributed by atoms with E-state index < -0.39 is 0 Å². The van der Waals surface area contributed by atoms with Crippen LogP contribution in [0.15, 0.2) is 42.4 Å². The zero-order valence-corrected chi connectivity index (χ0v) is 9.76. The molecule has 0 aliphatic carbocycles. The van der Waals surface area contributed by atoms with E-state index >= 15 is 0 Å². The molecule has 0 saturated carbocycles. The highest BCUT2D eigenvalue weighted by Crippen LogP contribution is 2.24. The number of nitrogens with zero attached hydrogens (tertiary/aromatic N) is 3. The molecule has 0 aliphatic heterocycles. The average Bonchev–Trinajstić information content (AvgIpc) is 2.86. The zero-order valence-electron chi connectivity index (χ0n) is 8.95. The van der Waals surface area contributed by atoms with E-state index in [0.29, 0.717) is 0 Å². The Morgan fingerprint density at radius 2 is 1.94 bits per heavy atom. The molecule has 17 heavy (non-hydrogen) atoms. The first-order valence-corrected chi connectivity index (χ1v) is 6.06. The SMILES string of the molecule is NC(c1cncnc1)c1cnc2ccsc2c1. The molecule has 1 unspecified atom stereocenters. The largest absolute Gasteiger partial charge is 0.320 e. The van der Waals surface area contributed by atoms with Crippen molar-refractivity contribution in [3.05, 3.63) is 53.6 Å². The first kappa shape index (κ1) is 10.3. The quantitative estimate of drug-likeness (QED) is 0.747. The van der Waals surface area contributed by atoms with Gasteiger partial charge in [-0.1, -0.05) is 0 Å². The van der Waals surface area contributed by atoms with Crippen molar-refractivity contribution in [1.29, 1.82) is 0 Å². The zero-order chi connectivity index (χ0) is 11.7. The Hall–Kier alpha value is -1.85. The highest BCUT2D eigenvalue weighted by atomic mass is 32.1. The van der Waals surface area contributed by atoms with Gasteiger partial charge in [0.1, 0.15) is 6.33 Å². The van der Waals surface area contributed by atoms with Crippen molar-refractivity contribution < 1.29 is 0 Å². The Morgan fingerprint density at radius 1 is 1.12 bits per heavy atom. The molecule has 0 radical (unpaired) electrons. The first-order valence-electron chi connectivity index (χ1n) is 5.18. The summed E-state index contributed by atoms with van der Waals surface area (Å²) < 4.78 is 1.15. The number of hydrogen-bond acceptors (Lipinski definition) is 5. The minimum Gasteiger partial charge on any atom is -0.320 e. The predicted molar refractivity (Wildman–Crippen MR) is 67.7 cm³/mol. The van der Waals surface area contributed by atoms with Crippen molar-refractivity contribution in [2.45, 2.75) is 6.04 Å². The highest BCUT2D eigenvalue weighted by molar-refractivity contribution is 7.17. The van der Waals surface area contributed by atoms with Gasteiger partial charge >= 0.3 is 0 Å². The van der Waals surface area contributed by atoms with Gasteiger partial charge in [-0.05, 0) is 23.1 Å². The molecule has 0 saturated heterocycles. The molecular formula is C12H10N4S. The molecule has 5 heteroatoms. The molecule has 3 heterocycles. The van der Waals surface area contributed by atoms with Gasteiger partial charge in [-0.25, -0.2) is 9.97 Å². The Morgan fingerprint density at radius 3 is 2.76 bits per heavy atom. The van der Waals surface area contributed by atoms with Crippen LogP contribution in [0.2, 0.25) is 0 Å². The number of hydrogen-bond donors (Lipinski definition) is 1. The second kappa shape index (κ2) is 4.20. The van der Waals surface area contributed by atoms with Crippen LogP contribution in [-0.2, 0) is 0 Å². The molecule has 0 spiro atoms. The Bertz CT molecular complexity index is 635. The van der Waals surface area contributed by atoms with Crippen LogP contribution in [0.25, 0.3) is 10.2 Å². The lowest BCUT2D eigenvalue weighted by atomic mass is 10.0. The lowest BCUT2D eigenvalue weighted by molar-refractivity contribution is 0.847. The normalized spacial score (nSPS) is 12.8. The van der Waals surface area contributed by atoms with Crippen LogP contribution in [0.4, 0.5) is 0 Å². The Labute approximate surface area is 102 Å². The Balaban J connectivity index is 2.03. The van der Waals surface area contributed by atoms with E-state index in [4.69, 9.17) is 5.73 Å². The van der Waals surface area contributed by atoms with Crippen molar-refractivity contribution in [3.8, 4) is 0 Å². The van der Waals surface area contributed by atoms with E-state index in [0.717, 1.165) is 21.3 Å². The molecule has 0 fully saturated rings. The van der Waals surface area contributed by atoms with E-state index in [-0.39, 0.29) is 6.04 Å². The second-order valence-electron chi connectivity index (χ2n) is 3.72. The second-order valence-corrected chi connectivity index (χ2v) is 4.67. The minimum absolute atomic E-state index is 0.227. The van der Waals surface area contributed by atoms with E-state index in [1.54, 1.807) is 23.7 Å². The van der Waals surface area contributed by atoms with Crippen molar-refractivity contribution >= 4 is 21.6 Å². The van der Waals surface area contributed by atoms with Crippen molar-refractivity contribution in [3.63, 3.8) is 0 Å². The molecule has 3 aromatic heterocycles. The topological polar surface area (TPSA) is 64.7 Å². The smallest absolute Gasteiger partial charge is 0.115 e. The third-order valence-corrected chi connectivity index (χ3v) is 3.48. The first-order chi connectivity index (χ1) is 8.34. The van der Waals surface area contributed by atoms with Crippen LogP contribution < -0.4 is 5.73 Å². The maximum absolute atomic E-state index is 6.16. The summed E-state index contributed by atoms with van der Waals surface area (Å²) in [6.45, 7) is 0. The lowest BCUT2D eigenvalue weighted by Crippen LogP contribution is -2.12. The monoisotopic (exact) mass is 242 g/mol. The molecule has 0 aromatic carbocycles. The fourth-order valence-corrected chi connectivity index (χ4v) is 2.48. The van der Waals surface area contributed by atoms with Crippen LogP contribution in [-0.4, -0.2) is 15.0 Å². The van der Waals surface area contributed by atoms with Gasteiger partial charge in [-0.3, -0.25) is 4.98 Å². The van der Waals surface area contributed by atoms with Gasteiger partial charge in [0, 0.05) is 24.2 Å². The minimum atomic E-state index is -0.227. The highest BCUT2D eigenvalue weighted by Gasteiger charge is 2.10. The molecule has 2 N–H and O–H groups in total. The molecule has 0 bridgehead atoms. The van der Waals surface area contributed by atoms with E-state index in [1.165, 1.54) is 6.33 Å². The van der Waals surface area contributed by atoms with Gasteiger partial charge in [0.05, 0.1) is 16.3 Å². The fraction of sp³-hybridized carbons (Fsp3) is 0.0833. The summed E-state index contributed by atoms with van der Waals surface area (Å²) in [5.74, 6) is 0. The molecule has 1 atom stereocenters. The Kier molecular flexibility index (Phi) is 2.55.